The molecule has 1 aromatic heterocycles. The lowest BCUT2D eigenvalue weighted by Gasteiger charge is -2.39. The fourth-order valence-electron chi connectivity index (χ4n) is 5.13. The Morgan fingerprint density at radius 3 is 2.79 bits per heavy atom. The van der Waals surface area contributed by atoms with E-state index in [1.807, 2.05) is 35.5 Å². The molecule has 1 saturated heterocycles. The summed E-state index contributed by atoms with van der Waals surface area (Å²) < 4.78 is 15.4. The van der Waals surface area contributed by atoms with Crippen LogP contribution in [0.25, 0.3) is 10.9 Å². The van der Waals surface area contributed by atoms with Crippen LogP contribution in [0.1, 0.15) is 51.6 Å². The molecule has 3 heterocycles. The Hall–Kier alpha value is -3.22. The van der Waals surface area contributed by atoms with Crippen molar-refractivity contribution in [3.05, 3.63) is 75.7 Å². The van der Waals surface area contributed by atoms with E-state index in [9.17, 15) is 6.63 Å². The molecular formula is C29H31Cl2N7O. The van der Waals surface area contributed by atoms with Gasteiger partial charge in [-0.05, 0) is 43.0 Å². The molecule has 4 N–H and O–H groups in total. The number of hydrazine groups is 2. The Balaban J connectivity index is 1.45. The molecule has 0 amide bonds. The third-order valence-electron chi connectivity index (χ3n) is 7.54. The van der Waals surface area contributed by atoms with E-state index < -0.39 is 6.02 Å². The second-order valence-electron chi connectivity index (χ2n) is 10.9. The summed E-state index contributed by atoms with van der Waals surface area (Å²) in [6, 6.07) is 12.2. The Labute approximate surface area is 239 Å². The topological polar surface area (TPSA) is 97.3 Å². The first-order chi connectivity index (χ1) is 19.2. The minimum absolute atomic E-state index is 0.0834. The van der Waals surface area contributed by atoms with Gasteiger partial charge in [0.05, 0.1) is 41.5 Å². The number of hydrogen-bond donors (Lipinski definition) is 4. The number of nitrogens with one attached hydrogen (secondary N) is 4. The predicted molar refractivity (Wildman–Crippen MR) is 155 cm³/mol. The molecule has 3 aliphatic rings. The highest BCUT2D eigenvalue weighted by atomic mass is 35.5. The number of nitrogens with zero attached hydrogens (tertiary/aromatic N) is 3. The van der Waals surface area contributed by atoms with Gasteiger partial charge in [-0.1, -0.05) is 55.2 Å². The molecule has 1 saturated carbocycles. The number of benzene rings is 2. The van der Waals surface area contributed by atoms with Crippen LogP contribution in [-0.2, 0) is 4.74 Å². The lowest BCUT2D eigenvalue weighted by Crippen LogP contribution is -2.44. The van der Waals surface area contributed by atoms with Gasteiger partial charge in [-0.2, -0.15) is 5.26 Å². The highest BCUT2D eigenvalue weighted by Crippen LogP contribution is 2.39. The molecule has 3 aromatic rings. The molecule has 2 aromatic carbocycles. The van der Waals surface area contributed by atoms with E-state index in [0.29, 0.717) is 68.4 Å². The number of aromatic nitrogens is 1. The number of ether oxygens (including phenoxy) is 1. The quantitative estimate of drug-likeness (QED) is 0.272. The Bertz CT molecular complexity index is 1540. The number of anilines is 2. The van der Waals surface area contributed by atoms with E-state index in [-0.39, 0.29) is 11.5 Å². The maximum Gasteiger partial charge on any atom is 0.103 e. The second kappa shape index (κ2) is 10.4. The van der Waals surface area contributed by atoms with Gasteiger partial charge in [0.1, 0.15) is 6.07 Å². The number of nitriles is 1. The van der Waals surface area contributed by atoms with Gasteiger partial charge < -0.3 is 20.8 Å². The summed E-state index contributed by atoms with van der Waals surface area (Å²) in [6.07, 6.45) is 6.47. The van der Waals surface area contributed by atoms with E-state index >= 15 is 0 Å². The average Bonchev–Trinajstić information content (AvgIpc) is 3.65. The van der Waals surface area contributed by atoms with Crippen molar-refractivity contribution in [1.82, 2.24) is 21.0 Å². The molecule has 2 atom stereocenters. The second-order valence-corrected chi connectivity index (χ2v) is 11.8. The Kier molecular flexibility index (Phi) is 6.61. The number of fused-ring (bicyclic) bond motifs is 1. The minimum Gasteiger partial charge on any atom is -0.381 e. The molecule has 0 spiro atoms. The molecule has 202 valence electrons. The minimum atomic E-state index is -1.48. The Morgan fingerprint density at radius 1 is 1.23 bits per heavy atom. The summed E-state index contributed by atoms with van der Waals surface area (Å²) in [5.74, 6) is 0. The summed E-state index contributed by atoms with van der Waals surface area (Å²) in [7, 11) is 0. The molecule has 2 aliphatic heterocycles. The monoisotopic (exact) mass is 564 g/mol. The molecule has 0 radical (unpaired) electrons. The van der Waals surface area contributed by atoms with Crippen molar-refractivity contribution in [3.63, 3.8) is 0 Å². The van der Waals surface area contributed by atoms with Gasteiger partial charge in [0.25, 0.3) is 0 Å². The third-order valence-corrected chi connectivity index (χ3v) is 8.16. The van der Waals surface area contributed by atoms with Crippen LogP contribution in [0.2, 0.25) is 10.0 Å². The number of halogens is 2. The smallest absolute Gasteiger partial charge is 0.103 e. The molecule has 8 nitrogen and oxygen atoms in total. The zero-order chi connectivity index (χ0) is 28.1. The molecule has 6 rings (SSSR count). The first kappa shape index (κ1) is 24.8. The maximum atomic E-state index is 9.98. The number of pyridine rings is 1. The molecule has 10 heteroatoms. The molecular weight excluding hydrogens is 533 g/mol. The predicted octanol–water partition coefficient (Wildman–Crippen LogP) is 6.12. The fraction of sp³-hybridized carbons (Fsp3) is 0.379. The largest absolute Gasteiger partial charge is 0.381 e. The van der Waals surface area contributed by atoms with Crippen LogP contribution in [0.5, 0.6) is 0 Å². The van der Waals surface area contributed by atoms with Crippen LogP contribution < -0.4 is 21.6 Å². The summed E-state index contributed by atoms with van der Waals surface area (Å²) in [6.45, 7) is 5.57. The van der Waals surface area contributed by atoms with Gasteiger partial charge in [-0.25, -0.2) is 0 Å². The van der Waals surface area contributed by atoms with Crippen LogP contribution in [-0.4, -0.2) is 35.3 Å². The molecule has 0 bridgehead atoms. The first-order valence-electron chi connectivity index (χ1n) is 13.6. The lowest BCUT2D eigenvalue weighted by atomic mass is 9.81. The molecule has 2 unspecified atom stereocenters. The van der Waals surface area contributed by atoms with E-state index in [0.717, 1.165) is 19.3 Å². The normalized spacial score (nSPS) is 22.3. The van der Waals surface area contributed by atoms with Crippen molar-refractivity contribution in [3.8, 4) is 6.07 Å². The van der Waals surface area contributed by atoms with Crippen LogP contribution in [0.15, 0.2) is 54.5 Å². The zero-order valence-electron chi connectivity index (χ0n) is 22.8. The van der Waals surface area contributed by atoms with Gasteiger partial charge >= 0.3 is 0 Å². The fourth-order valence-corrected chi connectivity index (χ4v) is 5.63. The summed E-state index contributed by atoms with van der Waals surface area (Å²) >= 11 is 13.4. The Morgan fingerprint density at radius 2 is 2.05 bits per heavy atom. The standard InChI is InChI=1S/C29H31Cl2N7O/c1-29(2)16-39-10-9-25(29)35-26-17(13-32)14-33-27-21(26)11-18(12-23(27)31)34-28(20-5-3-4-6-22(20)30)24-15-38(37-36-24)19-7-8-19/h3-6,11-12,14-15,19,25,28,34,36-37H,7-10,16H2,1-2H3,(H,33,35)/i28D. The van der Waals surface area contributed by atoms with Gasteiger partial charge in [-0.3, -0.25) is 9.99 Å². The van der Waals surface area contributed by atoms with Gasteiger partial charge in [-0.15, -0.1) is 5.53 Å². The highest BCUT2D eigenvalue weighted by Gasteiger charge is 2.35. The van der Waals surface area contributed by atoms with E-state index in [1.165, 1.54) is 0 Å². The van der Waals surface area contributed by atoms with Crippen LogP contribution >= 0.6 is 23.2 Å². The van der Waals surface area contributed by atoms with Crippen LogP contribution in [0.3, 0.4) is 0 Å². The van der Waals surface area contributed by atoms with Crippen molar-refractivity contribution < 1.29 is 6.11 Å². The van der Waals surface area contributed by atoms with Crippen molar-refractivity contribution in [2.45, 2.75) is 51.2 Å². The van der Waals surface area contributed by atoms with Crippen molar-refractivity contribution in [2.24, 2.45) is 5.41 Å². The number of hydrogen-bond acceptors (Lipinski definition) is 8. The molecule has 39 heavy (non-hydrogen) atoms. The van der Waals surface area contributed by atoms with E-state index in [1.54, 1.807) is 18.3 Å². The van der Waals surface area contributed by atoms with Gasteiger partial charge in [0, 0.05) is 52.6 Å². The summed E-state index contributed by atoms with van der Waals surface area (Å²) in [5, 5.41) is 20.6. The SMILES string of the molecule is [2H]C(Nc1cc(Cl)c2ncc(C#N)c(NC3CCOCC3(C)C)c2c1)(C1=CN(C2CC2)NN1)c1ccccc1Cl. The zero-order valence-corrected chi connectivity index (χ0v) is 23.3. The first-order valence-corrected chi connectivity index (χ1v) is 13.9. The van der Waals surface area contributed by atoms with Crippen LogP contribution in [0.4, 0.5) is 11.4 Å². The van der Waals surface area contributed by atoms with Gasteiger partial charge in [0.2, 0.25) is 0 Å². The lowest BCUT2D eigenvalue weighted by molar-refractivity contribution is 0.00350. The van der Waals surface area contributed by atoms with Crippen LogP contribution in [0, 0.1) is 16.7 Å². The van der Waals surface area contributed by atoms with E-state index in [4.69, 9.17) is 27.9 Å². The average molecular weight is 566 g/mol. The molecule has 1 aliphatic carbocycles. The highest BCUT2D eigenvalue weighted by molar-refractivity contribution is 6.36. The van der Waals surface area contributed by atoms with Crippen molar-refractivity contribution >= 4 is 45.5 Å². The van der Waals surface area contributed by atoms with Crippen molar-refractivity contribution in [2.75, 3.05) is 23.8 Å². The summed E-state index contributed by atoms with van der Waals surface area (Å²) in [5.41, 5.74) is 9.64. The molecule has 2 fully saturated rings. The van der Waals surface area contributed by atoms with Crippen molar-refractivity contribution in [1.29, 1.82) is 5.26 Å². The van der Waals surface area contributed by atoms with Gasteiger partial charge in [0.15, 0.2) is 0 Å². The van der Waals surface area contributed by atoms with E-state index in [2.05, 4.69) is 46.5 Å². The number of rotatable bonds is 7. The third kappa shape index (κ3) is 5.20. The summed E-state index contributed by atoms with van der Waals surface area (Å²) in [4.78, 5) is 4.51. The maximum absolute atomic E-state index is 9.98.